The summed E-state index contributed by atoms with van der Waals surface area (Å²) in [6.45, 7) is 0.279. The van der Waals surface area contributed by atoms with E-state index in [1.165, 1.54) is 19.2 Å². The van der Waals surface area contributed by atoms with Gasteiger partial charge in [-0.15, -0.1) is 0 Å². The molecule has 0 saturated carbocycles. The van der Waals surface area contributed by atoms with Crippen molar-refractivity contribution in [3.05, 3.63) is 29.7 Å². The van der Waals surface area contributed by atoms with Gasteiger partial charge >= 0.3 is 0 Å². The Balaban J connectivity index is 2.77. The SMILES string of the molecule is COCc1cc(NN)c2c(OC)ccc(F)c2n1. The first-order valence-electron chi connectivity index (χ1n) is 5.33. The molecule has 0 unspecified atom stereocenters. The molecule has 0 amide bonds. The normalized spacial score (nSPS) is 10.7. The number of anilines is 1. The van der Waals surface area contributed by atoms with Gasteiger partial charge in [-0.1, -0.05) is 0 Å². The molecule has 0 spiro atoms. The van der Waals surface area contributed by atoms with Crippen molar-refractivity contribution in [3.8, 4) is 5.75 Å². The van der Waals surface area contributed by atoms with Gasteiger partial charge in [-0.05, 0) is 18.2 Å². The van der Waals surface area contributed by atoms with E-state index < -0.39 is 5.82 Å². The van der Waals surface area contributed by atoms with E-state index in [0.29, 0.717) is 22.5 Å². The van der Waals surface area contributed by atoms with Crippen LogP contribution in [0.1, 0.15) is 5.69 Å². The van der Waals surface area contributed by atoms with E-state index in [9.17, 15) is 4.39 Å². The summed E-state index contributed by atoms with van der Waals surface area (Å²) in [5.41, 5.74) is 3.87. The maximum absolute atomic E-state index is 13.8. The number of nitrogens with two attached hydrogens (primary N) is 1. The number of methoxy groups -OCH3 is 2. The Labute approximate surface area is 104 Å². The lowest BCUT2D eigenvalue weighted by atomic mass is 10.1. The quantitative estimate of drug-likeness (QED) is 0.640. The zero-order valence-electron chi connectivity index (χ0n) is 10.2. The number of nitrogens with one attached hydrogen (secondary N) is 1. The Hall–Kier alpha value is -1.92. The van der Waals surface area contributed by atoms with Gasteiger partial charge in [0.05, 0.1) is 30.5 Å². The minimum Gasteiger partial charge on any atom is -0.496 e. The molecule has 0 radical (unpaired) electrons. The molecule has 0 atom stereocenters. The number of hydrogen-bond acceptors (Lipinski definition) is 5. The van der Waals surface area contributed by atoms with Crippen LogP contribution in [0.2, 0.25) is 0 Å². The van der Waals surface area contributed by atoms with E-state index in [1.54, 1.807) is 13.2 Å². The van der Waals surface area contributed by atoms with Gasteiger partial charge in [-0.2, -0.15) is 0 Å². The fraction of sp³-hybridized carbons (Fsp3) is 0.250. The van der Waals surface area contributed by atoms with E-state index in [4.69, 9.17) is 15.3 Å². The molecule has 0 aliphatic rings. The van der Waals surface area contributed by atoms with Gasteiger partial charge < -0.3 is 14.9 Å². The van der Waals surface area contributed by atoms with Crippen LogP contribution in [-0.2, 0) is 11.3 Å². The first-order valence-corrected chi connectivity index (χ1v) is 5.33. The van der Waals surface area contributed by atoms with E-state index in [2.05, 4.69) is 10.4 Å². The Kier molecular flexibility index (Phi) is 3.59. The molecule has 0 fully saturated rings. The topological polar surface area (TPSA) is 69.4 Å². The highest BCUT2D eigenvalue weighted by Crippen LogP contribution is 2.33. The van der Waals surface area contributed by atoms with Crippen LogP contribution in [0.3, 0.4) is 0 Å². The lowest BCUT2D eigenvalue weighted by Gasteiger charge is -2.12. The zero-order chi connectivity index (χ0) is 13.1. The number of halogens is 1. The van der Waals surface area contributed by atoms with E-state index in [1.807, 2.05) is 0 Å². The number of nitrogen functional groups attached to an aromatic ring is 1. The third-order valence-corrected chi connectivity index (χ3v) is 2.59. The smallest absolute Gasteiger partial charge is 0.149 e. The monoisotopic (exact) mass is 251 g/mol. The van der Waals surface area contributed by atoms with Crippen LogP contribution in [0.25, 0.3) is 10.9 Å². The maximum Gasteiger partial charge on any atom is 0.149 e. The average Bonchev–Trinajstić information content (AvgIpc) is 2.39. The fourth-order valence-corrected chi connectivity index (χ4v) is 1.84. The molecule has 0 aliphatic carbocycles. The molecule has 1 aromatic heterocycles. The van der Waals surface area contributed by atoms with Crippen LogP contribution < -0.4 is 16.0 Å². The highest BCUT2D eigenvalue weighted by molar-refractivity contribution is 5.96. The number of pyridine rings is 1. The van der Waals surface area contributed by atoms with Crippen molar-refractivity contribution in [2.45, 2.75) is 6.61 Å². The Morgan fingerprint density at radius 2 is 2.17 bits per heavy atom. The fourth-order valence-electron chi connectivity index (χ4n) is 1.84. The van der Waals surface area contributed by atoms with E-state index >= 15 is 0 Å². The van der Waals surface area contributed by atoms with Crippen LogP contribution in [0, 0.1) is 5.82 Å². The Bertz CT molecular complexity index is 575. The number of ether oxygens (including phenoxy) is 2. The van der Waals surface area contributed by atoms with Gasteiger partial charge in [-0.3, -0.25) is 5.84 Å². The second kappa shape index (κ2) is 5.16. The van der Waals surface area contributed by atoms with Crippen LogP contribution >= 0.6 is 0 Å². The first-order chi connectivity index (χ1) is 8.71. The van der Waals surface area contributed by atoms with Crippen molar-refractivity contribution in [1.29, 1.82) is 0 Å². The van der Waals surface area contributed by atoms with E-state index in [0.717, 1.165) is 0 Å². The molecule has 3 N–H and O–H groups in total. The second-order valence-electron chi connectivity index (χ2n) is 3.71. The van der Waals surface area contributed by atoms with Crippen LogP contribution in [-0.4, -0.2) is 19.2 Å². The lowest BCUT2D eigenvalue weighted by Crippen LogP contribution is -2.09. The number of benzene rings is 1. The molecule has 2 aromatic rings. The molecule has 1 heterocycles. The Morgan fingerprint density at radius 3 is 2.78 bits per heavy atom. The second-order valence-corrected chi connectivity index (χ2v) is 3.71. The number of fused-ring (bicyclic) bond motifs is 1. The minimum absolute atomic E-state index is 0.205. The number of aromatic nitrogens is 1. The van der Waals surface area contributed by atoms with Gasteiger partial charge in [0.1, 0.15) is 17.1 Å². The minimum atomic E-state index is -0.430. The molecule has 96 valence electrons. The largest absolute Gasteiger partial charge is 0.496 e. The molecule has 18 heavy (non-hydrogen) atoms. The van der Waals surface area contributed by atoms with Gasteiger partial charge in [0.15, 0.2) is 0 Å². The number of hydrazine groups is 1. The predicted molar refractivity (Wildman–Crippen MR) is 66.8 cm³/mol. The van der Waals surface area contributed by atoms with Crippen molar-refractivity contribution in [1.82, 2.24) is 4.98 Å². The van der Waals surface area contributed by atoms with Crippen LogP contribution in [0.4, 0.5) is 10.1 Å². The first kappa shape index (κ1) is 12.5. The zero-order valence-corrected chi connectivity index (χ0v) is 10.2. The van der Waals surface area contributed by atoms with Crippen molar-refractivity contribution in [3.63, 3.8) is 0 Å². The molecular weight excluding hydrogens is 237 g/mol. The molecule has 6 heteroatoms. The average molecular weight is 251 g/mol. The summed E-state index contributed by atoms with van der Waals surface area (Å²) < 4.78 is 24.0. The highest BCUT2D eigenvalue weighted by Gasteiger charge is 2.13. The summed E-state index contributed by atoms with van der Waals surface area (Å²) in [6, 6.07) is 4.55. The highest BCUT2D eigenvalue weighted by atomic mass is 19.1. The molecule has 0 aliphatic heterocycles. The summed E-state index contributed by atoms with van der Waals surface area (Å²) in [7, 11) is 3.05. The maximum atomic E-state index is 13.8. The van der Waals surface area contributed by atoms with Gasteiger partial charge in [0.2, 0.25) is 0 Å². The summed E-state index contributed by atoms with van der Waals surface area (Å²) in [5, 5.41) is 0.514. The van der Waals surface area contributed by atoms with Crippen molar-refractivity contribution < 1.29 is 13.9 Å². The summed E-state index contributed by atoms with van der Waals surface area (Å²) in [5.74, 6) is 5.54. The predicted octanol–water partition coefficient (Wildman–Crippen LogP) is 1.81. The number of rotatable bonds is 4. The van der Waals surface area contributed by atoms with Gasteiger partial charge in [-0.25, -0.2) is 9.37 Å². The van der Waals surface area contributed by atoms with Crippen LogP contribution in [0.5, 0.6) is 5.75 Å². The van der Waals surface area contributed by atoms with Crippen molar-refractivity contribution >= 4 is 16.6 Å². The van der Waals surface area contributed by atoms with Crippen molar-refractivity contribution in [2.24, 2.45) is 5.84 Å². The molecule has 0 saturated heterocycles. The molecular formula is C12H14FN3O2. The standard InChI is InChI=1S/C12H14FN3O2/c1-17-6-7-5-9(16-14)11-10(18-2)4-3-8(13)12(11)15-7/h3-5H,6,14H2,1-2H3,(H,15,16). The lowest BCUT2D eigenvalue weighted by molar-refractivity contribution is 0.182. The number of nitrogens with zero attached hydrogens (tertiary/aromatic N) is 1. The molecule has 0 bridgehead atoms. The summed E-state index contributed by atoms with van der Waals surface area (Å²) >= 11 is 0. The third-order valence-electron chi connectivity index (χ3n) is 2.59. The van der Waals surface area contributed by atoms with Gasteiger partial charge in [0.25, 0.3) is 0 Å². The van der Waals surface area contributed by atoms with Crippen molar-refractivity contribution in [2.75, 3.05) is 19.6 Å². The molecule has 2 rings (SSSR count). The summed E-state index contributed by atoms with van der Waals surface area (Å²) in [4.78, 5) is 4.21. The van der Waals surface area contributed by atoms with Crippen LogP contribution in [0.15, 0.2) is 18.2 Å². The summed E-state index contributed by atoms with van der Waals surface area (Å²) in [6.07, 6.45) is 0. The molecule has 5 nitrogen and oxygen atoms in total. The van der Waals surface area contributed by atoms with E-state index in [-0.39, 0.29) is 12.1 Å². The third kappa shape index (κ3) is 2.07. The van der Waals surface area contributed by atoms with Gasteiger partial charge in [0, 0.05) is 7.11 Å². The molecule has 1 aromatic carbocycles. The number of hydrogen-bond donors (Lipinski definition) is 2. The Morgan fingerprint density at radius 1 is 1.39 bits per heavy atom.